The van der Waals surface area contributed by atoms with Crippen molar-refractivity contribution in [3.8, 4) is 23.0 Å². The summed E-state index contributed by atoms with van der Waals surface area (Å²) in [6.07, 6.45) is 4.86. The van der Waals surface area contributed by atoms with Crippen molar-refractivity contribution < 1.29 is 24.5 Å². The molecule has 4 aromatic rings. The first-order valence-electron chi connectivity index (χ1n) is 9.67. The largest absolute Gasteiger partial charge is 0.504 e. The van der Waals surface area contributed by atoms with Crippen molar-refractivity contribution in [3.05, 3.63) is 76.4 Å². The van der Waals surface area contributed by atoms with Gasteiger partial charge in [-0.05, 0) is 61.0 Å². The van der Waals surface area contributed by atoms with Gasteiger partial charge in [-0.15, -0.1) is 11.3 Å². The first kappa shape index (κ1) is 21.7. The quantitative estimate of drug-likeness (QED) is 0.198. The van der Waals surface area contributed by atoms with Gasteiger partial charge >= 0.3 is 5.97 Å². The number of pyridine rings is 1. The topological polar surface area (TPSA) is 88.9 Å². The molecule has 2 heterocycles. The number of hydrogen-bond donors (Lipinski definition) is 2. The van der Waals surface area contributed by atoms with Crippen molar-refractivity contribution in [2.45, 2.75) is 6.92 Å². The van der Waals surface area contributed by atoms with E-state index in [-0.39, 0.29) is 18.1 Å². The Morgan fingerprint density at radius 1 is 1.09 bits per heavy atom. The van der Waals surface area contributed by atoms with Gasteiger partial charge in [-0.3, -0.25) is 4.98 Å². The fourth-order valence-electron chi connectivity index (χ4n) is 3.07. The number of aromatic hydroxyl groups is 2. The molecule has 2 aromatic carbocycles. The highest BCUT2D eigenvalue weighted by Gasteiger charge is 2.20. The monoisotopic (exact) mass is 467 g/mol. The van der Waals surface area contributed by atoms with Crippen LogP contribution in [0.25, 0.3) is 21.7 Å². The predicted octanol–water partition coefficient (Wildman–Crippen LogP) is 6.26. The van der Waals surface area contributed by atoms with E-state index in [2.05, 4.69) is 4.98 Å². The Kier molecular flexibility index (Phi) is 6.30. The van der Waals surface area contributed by atoms with E-state index in [1.165, 1.54) is 23.5 Å². The number of phenols is 2. The second-order valence-corrected chi connectivity index (χ2v) is 8.22. The number of halogens is 1. The van der Waals surface area contributed by atoms with Crippen LogP contribution in [0.15, 0.2) is 60.9 Å². The number of phenolic OH excluding ortho intramolecular Hbond substituents is 2. The van der Waals surface area contributed by atoms with Gasteiger partial charge in [0.05, 0.1) is 17.1 Å². The Morgan fingerprint density at radius 2 is 1.78 bits per heavy atom. The van der Waals surface area contributed by atoms with E-state index in [1.54, 1.807) is 61.8 Å². The molecule has 0 unspecified atom stereocenters. The lowest BCUT2D eigenvalue weighted by atomic mass is 10.1. The molecular formula is C24H18ClNO5S. The highest BCUT2D eigenvalue weighted by Crippen LogP contribution is 2.46. The van der Waals surface area contributed by atoms with Crippen LogP contribution in [0, 0.1) is 0 Å². The molecule has 0 spiro atoms. The van der Waals surface area contributed by atoms with E-state index >= 15 is 0 Å². The number of benzene rings is 2. The van der Waals surface area contributed by atoms with Gasteiger partial charge in [0, 0.05) is 33.6 Å². The lowest BCUT2D eigenvalue weighted by molar-refractivity contribution is -0.136. The van der Waals surface area contributed by atoms with Gasteiger partial charge in [-0.1, -0.05) is 11.6 Å². The van der Waals surface area contributed by atoms with Crippen molar-refractivity contribution in [2.24, 2.45) is 0 Å². The Balaban J connectivity index is 1.91. The average Bonchev–Trinajstić information content (AvgIpc) is 3.10. The maximum atomic E-state index is 12.7. The molecule has 4 rings (SSSR count). The minimum Gasteiger partial charge on any atom is -0.504 e. The molecule has 0 bridgehead atoms. The highest BCUT2D eigenvalue weighted by atomic mass is 35.5. The summed E-state index contributed by atoms with van der Waals surface area (Å²) in [6, 6.07) is 13.2. The molecule has 32 heavy (non-hydrogen) atoms. The number of nitrogens with zero attached hydrogens (tertiary/aromatic N) is 1. The summed E-state index contributed by atoms with van der Waals surface area (Å²) in [5, 5.41) is 21.2. The van der Waals surface area contributed by atoms with Gasteiger partial charge in [-0.2, -0.15) is 0 Å². The molecular weight excluding hydrogens is 450 g/mol. The Bertz CT molecular complexity index is 1300. The molecule has 8 heteroatoms. The first-order chi connectivity index (χ1) is 15.5. The molecule has 2 N–H and O–H groups in total. The van der Waals surface area contributed by atoms with Crippen LogP contribution >= 0.6 is 22.9 Å². The predicted molar refractivity (Wildman–Crippen MR) is 125 cm³/mol. The summed E-state index contributed by atoms with van der Waals surface area (Å²) < 4.78 is 12.1. The molecule has 2 aromatic heterocycles. The zero-order valence-corrected chi connectivity index (χ0v) is 18.5. The smallest absolute Gasteiger partial charge is 0.338 e. The highest BCUT2D eigenvalue weighted by molar-refractivity contribution is 7.20. The van der Waals surface area contributed by atoms with E-state index in [1.807, 2.05) is 0 Å². The number of carbonyl (C=O) groups is 1. The maximum Gasteiger partial charge on any atom is 0.338 e. The van der Waals surface area contributed by atoms with Crippen molar-refractivity contribution >= 4 is 50.6 Å². The van der Waals surface area contributed by atoms with Gasteiger partial charge in [0.25, 0.3) is 0 Å². The molecule has 0 aliphatic rings. The molecule has 0 aliphatic carbocycles. The number of esters is 1. The van der Waals surface area contributed by atoms with Crippen LogP contribution in [-0.4, -0.2) is 27.8 Å². The number of carbonyl (C=O) groups excluding carboxylic acids is 1. The minimum absolute atomic E-state index is 0.226. The van der Waals surface area contributed by atoms with E-state index in [0.29, 0.717) is 42.6 Å². The van der Waals surface area contributed by atoms with Crippen LogP contribution < -0.4 is 4.74 Å². The Hall–Kier alpha value is -3.55. The van der Waals surface area contributed by atoms with E-state index in [4.69, 9.17) is 21.1 Å². The van der Waals surface area contributed by atoms with Crippen molar-refractivity contribution in [2.75, 3.05) is 6.61 Å². The molecule has 0 radical (unpaired) electrons. The summed E-state index contributed by atoms with van der Waals surface area (Å²) in [5.74, 6) is -0.0470. The molecule has 0 saturated carbocycles. The number of hydrogen-bond acceptors (Lipinski definition) is 7. The van der Waals surface area contributed by atoms with Crippen LogP contribution in [0.1, 0.15) is 17.4 Å². The zero-order valence-electron chi connectivity index (χ0n) is 16.9. The van der Waals surface area contributed by atoms with E-state index < -0.39 is 5.97 Å². The van der Waals surface area contributed by atoms with Gasteiger partial charge in [0.15, 0.2) is 17.2 Å². The third kappa shape index (κ3) is 4.54. The van der Waals surface area contributed by atoms with Crippen LogP contribution in [0.4, 0.5) is 0 Å². The van der Waals surface area contributed by atoms with Crippen molar-refractivity contribution in [1.82, 2.24) is 4.98 Å². The number of aromatic nitrogens is 1. The van der Waals surface area contributed by atoms with Crippen LogP contribution in [-0.2, 0) is 9.53 Å². The molecule has 6 nitrogen and oxygen atoms in total. The molecule has 0 aliphatic heterocycles. The third-order valence-electron chi connectivity index (χ3n) is 4.56. The minimum atomic E-state index is -0.487. The zero-order chi connectivity index (χ0) is 22.7. The van der Waals surface area contributed by atoms with Crippen LogP contribution in [0.3, 0.4) is 0 Å². The molecule has 0 fully saturated rings. The molecule has 162 valence electrons. The van der Waals surface area contributed by atoms with Gasteiger partial charge < -0.3 is 19.7 Å². The summed E-state index contributed by atoms with van der Waals surface area (Å²) in [7, 11) is 0. The molecule has 0 saturated heterocycles. The van der Waals surface area contributed by atoms with Crippen LogP contribution in [0.5, 0.6) is 23.0 Å². The third-order valence-corrected chi connectivity index (χ3v) is 5.89. The lowest BCUT2D eigenvalue weighted by Crippen LogP contribution is -2.06. The number of rotatable bonds is 6. The summed E-state index contributed by atoms with van der Waals surface area (Å²) in [5.41, 5.74) is 0.967. The molecule has 0 amide bonds. The lowest BCUT2D eigenvalue weighted by Gasteiger charge is -2.09. The number of thiophene rings is 1. The van der Waals surface area contributed by atoms with Crippen LogP contribution in [0.2, 0.25) is 5.02 Å². The van der Waals surface area contributed by atoms with E-state index in [9.17, 15) is 15.0 Å². The Labute approximate surface area is 193 Å². The van der Waals surface area contributed by atoms with Gasteiger partial charge in [0.2, 0.25) is 0 Å². The number of ether oxygens (including phenoxy) is 2. The normalized spacial score (nSPS) is 11.5. The number of fused-ring (bicyclic) bond motifs is 1. The first-order valence-corrected chi connectivity index (χ1v) is 10.9. The second kappa shape index (κ2) is 9.30. The van der Waals surface area contributed by atoms with Gasteiger partial charge in [-0.25, -0.2) is 4.79 Å². The maximum absolute atomic E-state index is 12.7. The molecule has 0 atom stereocenters. The van der Waals surface area contributed by atoms with Crippen molar-refractivity contribution in [1.29, 1.82) is 0 Å². The summed E-state index contributed by atoms with van der Waals surface area (Å²) in [4.78, 5) is 17.4. The Morgan fingerprint density at radius 3 is 2.47 bits per heavy atom. The average molecular weight is 468 g/mol. The summed E-state index contributed by atoms with van der Waals surface area (Å²) in [6.45, 7) is 1.96. The fourth-order valence-corrected chi connectivity index (χ4v) is 4.29. The standard InChI is InChI=1S/C24H18ClNO5S/c1-2-30-24(29)17(14-7-9-26-10-8-14)12-22-23(31-16-5-3-15(25)4-6-16)18-11-19(27)20(28)13-21(18)32-22/h3-13,27-28H,2H2,1H3/b17-12+. The summed E-state index contributed by atoms with van der Waals surface area (Å²) >= 11 is 7.28. The second-order valence-electron chi connectivity index (χ2n) is 6.70. The van der Waals surface area contributed by atoms with Gasteiger partial charge in [0.1, 0.15) is 5.75 Å². The van der Waals surface area contributed by atoms with E-state index in [0.717, 1.165) is 0 Å². The fraction of sp³-hybridized carbons (Fsp3) is 0.0833. The SMILES string of the molecule is CCOC(=O)/C(=C/c1sc2cc(O)c(O)cc2c1Oc1ccc(Cl)cc1)c1ccncc1. The van der Waals surface area contributed by atoms with Crippen molar-refractivity contribution in [3.63, 3.8) is 0 Å².